The summed E-state index contributed by atoms with van der Waals surface area (Å²) in [6.45, 7) is 8.87. The Morgan fingerprint density at radius 1 is 1.53 bits per heavy atom. The van der Waals surface area contributed by atoms with Gasteiger partial charge in [0.05, 0.1) is 0 Å². The summed E-state index contributed by atoms with van der Waals surface area (Å²) in [5, 5.41) is 3.07. The van der Waals surface area contributed by atoms with Crippen molar-refractivity contribution in [3.8, 4) is 0 Å². The minimum absolute atomic E-state index is 0.0689. The van der Waals surface area contributed by atoms with Gasteiger partial charge < -0.3 is 10.2 Å². The number of hydrogen-bond acceptors (Lipinski definition) is 4. The van der Waals surface area contributed by atoms with Gasteiger partial charge in [-0.3, -0.25) is 4.79 Å². The van der Waals surface area contributed by atoms with Gasteiger partial charge in [0.25, 0.3) is 5.91 Å². The SMILES string of the molecule is C=CCNc1cc(C(=O)N(C)CCCC)nc(C)n1. The van der Waals surface area contributed by atoms with Crippen LogP contribution in [-0.4, -0.2) is 40.9 Å². The number of carbonyl (C=O) groups excluding carboxylic acids is 1. The summed E-state index contributed by atoms with van der Waals surface area (Å²) in [5.74, 6) is 1.17. The molecule has 1 amide bonds. The minimum atomic E-state index is -0.0689. The second-order valence-electron chi connectivity index (χ2n) is 4.44. The largest absolute Gasteiger partial charge is 0.366 e. The molecule has 5 nitrogen and oxygen atoms in total. The molecule has 0 bridgehead atoms. The highest BCUT2D eigenvalue weighted by Crippen LogP contribution is 2.09. The van der Waals surface area contributed by atoms with E-state index in [0.29, 0.717) is 23.9 Å². The zero-order chi connectivity index (χ0) is 14.3. The summed E-state index contributed by atoms with van der Waals surface area (Å²) in [6, 6.07) is 1.68. The van der Waals surface area contributed by atoms with Gasteiger partial charge in [-0.05, 0) is 13.3 Å². The first-order valence-electron chi connectivity index (χ1n) is 6.54. The molecule has 104 valence electrons. The first-order chi connectivity index (χ1) is 9.08. The predicted octanol–water partition coefficient (Wildman–Crippen LogP) is 2.26. The van der Waals surface area contributed by atoms with Crippen molar-refractivity contribution in [2.45, 2.75) is 26.7 Å². The molecule has 1 rings (SSSR count). The highest BCUT2D eigenvalue weighted by molar-refractivity contribution is 5.92. The fourth-order valence-corrected chi connectivity index (χ4v) is 1.64. The molecule has 1 aromatic rings. The Hall–Kier alpha value is -1.91. The first-order valence-corrected chi connectivity index (χ1v) is 6.54. The number of nitrogens with one attached hydrogen (secondary N) is 1. The van der Waals surface area contributed by atoms with Crippen LogP contribution in [0.5, 0.6) is 0 Å². The Kier molecular flexibility index (Phi) is 5.99. The molecule has 0 aliphatic rings. The molecule has 0 radical (unpaired) electrons. The van der Waals surface area contributed by atoms with Gasteiger partial charge in [-0.2, -0.15) is 0 Å². The number of anilines is 1. The smallest absolute Gasteiger partial charge is 0.272 e. The predicted molar refractivity (Wildman–Crippen MR) is 77.3 cm³/mol. The van der Waals surface area contributed by atoms with Gasteiger partial charge >= 0.3 is 0 Å². The van der Waals surface area contributed by atoms with Gasteiger partial charge in [-0.15, -0.1) is 6.58 Å². The molecule has 19 heavy (non-hydrogen) atoms. The van der Waals surface area contributed by atoms with E-state index in [2.05, 4.69) is 28.8 Å². The molecule has 0 aromatic carbocycles. The summed E-state index contributed by atoms with van der Waals surface area (Å²) in [5.41, 5.74) is 0.428. The van der Waals surface area contributed by atoms with Gasteiger partial charge in [0.15, 0.2) is 0 Å². The summed E-state index contributed by atoms with van der Waals surface area (Å²) in [6.07, 6.45) is 3.80. The van der Waals surface area contributed by atoms with Crippen molar-refractivity contribution in [3.63, 3.8) is 0 Å². The van der Waals surface area contributed by atoms with E-state index in [-0.39, 0.29) is 5.91 Å². The van der Waals surface area contributed by atoms with Crippen molar-refractivity contribution in [2.75, 3.05) is 25.5 Å². The van der Waals surface area contributed by atoms with Crippen LogP contribution in [0, 0.1) is 6.92 Å². The third-order valence-electron chi connectivity index (χ3n) is 2.68. The van der Waals surface area contributed by atoms with E-state index >= 15 is 0 Å². The average molecular weight is 262 g/mol. The lowest BCUT2D eigenvalue weighted by Gasteiger charge is -2.16. The van der Waals surface area contributed by atoms with Crippen molar-refractivity contribution in [1.82, 2.24) is 14.9 Å². The Morgan fingerprint density at radius 2 is 2.26 bits per heavy atom. The van der Waals surface area contributed by atoms with E-state index in [4.69, 9.17) is 0 Å². The van der Waals surface area contributed by atoms with Crippen LogP contribution in [0.3, 0.4) is 0 Å². The van der Waals surface area contributed by atoms with Crippen LogP contribution in [0.2, 0.25) is 0 Å². The van der Waals surface area contributed by atoms with Crippen LogP contribution >= 0.6 is 0 Å². The molecule has 5 heteroatoms. The maximum absolute atomic E-state index is 12.2. The van der Waals surface area contributed by atoms with Crippen molar-refractivity contribution >= 4 is 11.7 Å². The highest BCUT2D eigenvalue weighted by Gasteiger charge is 2.14. The molecule has 1 aromatic heterocycles. The molecule has 0 spiro atoms. The normalized spacial score (nSPS) is 10.1. The Labute approximate surface area is 114 Å². The van der Waals surface area contributed by atoms with Gasteiger partial charge in [0.1, 0.15) is 17.3 Å². The Balaban J connectivity index is 2.83. The number of aromatic nitrogens is 2. The van der Waals surface area contributed by atoms with Crippen LogP contribution < -0.4 is 5.32 Å². The molecular formula is C14H22N4O. The van der Waals surface area contributed by atoms with Gasteiger partial charge in [0.2, 0.25) is 0 Å². The summed E-state index contributed by atoms with van der Waals surface area (Å²) < 4.78 is 0. The zero-order valence-electron chi connectivity index (χ0n) is 11.9. The van der Waals surface area contributed by atoms with Gasteiger partial charge in [0, 0.05) is 26.2 Å². The van der Waals surface area contributed by atoms with Crippen molar-refractivity contribution in [2.24, 2.45) is 0 Å². The van der Waals surface area contributed by atoms with E-state index in [1.165, 1.54) is 0 Å². The van der Waals surface area contributed by atoms with Crippen LogP contribution in [0.25, 0.3) is 0 Å². The zero-order valence-corrected chi connectivity index (χ0v) is 11.9. The molecular weight excluding hydrogens is 240 g/mol. The maximum atomic E-state index is 12.2. The third-order valence-corrected chi connectivity index (χ3v) is 2.68. The fraction of sp³-hybridized carbons (Fsp3) is 0.500. The number of nitrogens with zero attached hydrogens (tertiary/aromatic N) is 3. The summed E-state index contributed by atoms with van der Waals surface area (Å²) in [4.78, 5) is 22.4. The Morgan fingerprint density at radius 3 is 2.89 bits per heavy atom. The molecule has 0 saturated carbocycles. The number of unbranched alkanes of at least 4 members (excludes halogenated alkanes) is 1. The third kappa shape index (κ3) is 4.69. The first kappa shape index (κ1) is 15.1. The van der Waals surface area contributed by atoms with Gasteiger partial charge in [-0.25, -0.2) is 9.97 Å². The molecule has 1 heterocycles. The van der Waals surface area contributed by atoms with Crippen LogP contribution in [-0.2, 0) is 0 Å². The van der Waals surface area contributed by atoms with Crippen LogP contribution in [0.15, 0.2) is 18.7 Å². The number of hydrogen-bond donors (Lipinski definition) is 1. The molecule has 0 unspecified atom stereocenters. The topological polar surface area (TPSA) is 58.1 Å². The lowest BCUT2D eigenvalue weighted by atomic mass is 10.3. The van der Waals surface area contributed by atoms with E-state index < -0.39 is 0 Å². The minimum Gasteiger partial charge on any atom is -0.366 e. The monoisotopic (exact) mass is 262 g/mol. The van der Waals surface area contributed by atoms with Crippen molar-refractivity contribution in [3.05, 3.63) is 30.2 Å². The summed E-state index contributed by atoms with van der Waals surface area (Å²) >= 11 is 0. The number of rotatable bonds is 7. The molecule has 0 saturated heterocycles. The van der Waals surface area contributed by atoms with Crippen molar-refractivity contribution < 1.29 is 4.79 Å². The lowest BCUT2D eigenvalue weighted by Crippen LogP contribution is -2.28. The van der Waals surface area contributed by atoms with E-state index in [1.807, 2.05) is 0 Å². The maximum Gasteiger partial charge on any atom is 0.272 e. The van der Waals surface area contributed by atoms with Gasteiger partial charge in [-0.1, -0.05) is 19.4 Å². The highest BCUT2D eigenvalue weighted by atomic mass is 16.2. The second kappa shape index (κ2) is 7.51. The van der Waals surface area contributed by atoms with E-state index in [1.54, 1.807) is 31.0 Å². The standard InChI is InChI=1S/C14H22N4O/c1-5-7-9-18(4)14(19)12-10-13(15-8-6-2)17-11(3)16-12/h6,10H,2,5,7-9H2,1,3-4H3,(H,15,16,17). The quantitative estimate of drug-likeness (QED) is 0.766. The molecule has 1 N–H and O–H groups in total. The molecule has 0 atom stereocenters. The Bertz CT molecular complexity index is 445. The number of carbonyl (C=O) groups is 1. The molecule has 0 aliphatic carbocycles. The number of amides is 1. The fourth-order valence-electron chi connectivity index (χ4n) is 1.64. The van der Waals surface area contributed by atoms with Crippen molar-refractivity contribution in [1.29, 1.82) is 0 Å². The van der Waals surface area contributed by atoms with Crippen LogP contribution in [0.1, 0.15) is 36.1 Å². The van der Waals surface area contributed by atoms with E-state index in [0.717, 1.165) is 19.4 Å². The average Bonchev–Trinajstić information content (AvgIpc) is 2.41. The summed E-state index contributed by atoms with van der Waals surface area (Å²) in [7, 11) is 1.80. The van der Waals surface area contributed by atoms with E-state index in [9.17, 15) is 4.79 Å². The lowest BCUT2D eigenvalue weighted by molar-refractivity contribution is 0.0787. The molecule has 0 fully saturated rings. The van der Waals surface area contributed by atoms with Crippen LogP contribution in [0.4, 0.5) is 5.82 Å². The second-order valence-corrected chi connectivity index (χ2v) is 4.44. The molecule has 0 aliphatic heterocycles. The number of aryl methyl sites for hydroxylation is 1.